The normalized spacial score (nSPS) is 11.3. The summed E-state index contributed by atoms with van der Waals surface area (Å²) in [6.07, 6.45) is 0. The van der Waals surface area contributed by atoms with Gasteiger partial charge in [0.2, 0.25) is 0 Å². The lowest BCUT2D eigenvalue weighted by Crippen LogP contribution is -2.13. The Bertz CT molecular complexity index is 2910. The van der Waals surface area contributed by atoms with Crippen LogP contribution in [0.25, 0.3) is 77.2 Å². The molecule has 9 aromatic carbocycles. The van der Waals surface area contributed by atoms with Gasteiger partial charge in [-0.3, -0.25) is 0 Å². The van der Waals surface area contributed by atoms with E-state index in [-0.39, 0.29) is 0 Å². The van der Waals surface area contributed by atoms with Crippen molar-refractivity contribution in [3.63, 3.8) is 0 Å². The molecule has 0 fully saturated rings. The van der Waals surface area contributed by atoms with Crippen LogP contribution in [0.1, 0.15) is 0 Å². The Kier molecular flexibility index (Phi) is 7.85. The van der Waals surface area contributed by atoms with Gasteiger partial charge < -0.3 is 9.32 Å². The first kappa shape index (κ1) is 31.6. The fourth-order valence-corrected chi connectivity index (χ4v) is 7.86. The first-order valence-corrected chi connectivity index (χ1v) is 18.4. The van der Waals surface area contributed by atoms with Gasteiger partial charge >= 0.3 is 0 Å². The van der Waals surface area contributed by atoms with Crippen molar-refractivity contribution in [1.29, 1.82) is 0 Å². The minimum Gasteiger partial charge on any atom is -0.456 e. The first-order valence-electron chi connectivity index (χ1n) is 18.4. The molecule has 0 N–H and O–H groups in total. The molecule has 0 unspecified atom stereocenters. The maximum atomic E-state index is 6.55. The van der Waals surface area contributed by atoms with Crippen LogP contribution in [0.15, 0.2) is 217 Å². The fourth-order valence-electron chi connectivity index (χ4n) is 7.86. The van der Waals surface area contributed by atoms with E-state index in [1.807, 2.05) is 6.07 Å². The molecule has 1 heterocycles. The maximum absolute atomic E-state index is 6.55. The van der Waals surface area contributed by atoms with E-state index in [0.29, 0.717) is 0 Å². The van der Waals surface area contributed by atoms with Crippen molar-refractivity contribution in [1.82, 2.24) is 0 Å². The third-order valence-electron chi connectivity index (χ3n) is 10.5. The monoisotopic (exact) mass is 689 g/mol. The molecule has 0 amide bonds. The Labute approximate surface area is 314 Å². The minimum atomic E-state index is 0.866. The summed E-state index contributed by atoms with van der Waals surface area (Å²) in [4.78, 5) is 2.44. The molecule has 0 spiro atoms. The number of hydrogen-bond acceptors (Lipinski definition) is 2. The standard InChI is InChI=1S/C52H35NO/c1-4-14-36(15-5-1)39-26-29-44(30-27-39)53(47-31-28-42(37-16-6-2-7-17-37)35-46(47)40-19-8-3-9-20-40)48-32-33-50-52(45-22-12-13-23-49(45)54-50)51(48)43-25-24-38-18-10-11-21-41(38)34-43/h1-35H. The Morgan fingerprint density at radius 2 is 0.889 bits per heavy atom. The predicted octanol–water partition coefficient (Wildman–Crippen LogP) is 14.9. The second kappa shape index (κ2) is 13.4. The van der Waals surface area contributed by atoms with E-state index in [9.17, 15) is 0 Å². The molecule has 0 aliphatic heterocycles. The van der Waals surface area contributed by atoms with E-state index in [1.165, 1.54) is 33.0 Å². The SMILES string of the molecule is c1ccc(-c2ccc(N(c3ccc(-c4ccccc4)cc3-c3ccccc3)c3ccc4oc5ccccc5c4c3-c3ccc4ccccc4c3)cc2)cc1. The van der Waals surface area contributed by atoms with Gasteiger partial charge in [0.1, 0.15) is 11.2 Å². The number of para-hydroxylation sites is 1. The summed E-state index contributed by atoms with van der Waals surface area (Å²) >= 11 is 0. The van der Waals surface area contributed by atoms with Gasteiger partial charge in [-0.05, 0) is 92.7 Å². The largest absolute Gasteiger partial charge is 0.456 e. The fraction of sp³-hybridized carbons (Fsp3) is 0. The summed E-state index contributed by atoms with van der Waals surface area (Å²) in [5.41, 5.74) is 14.2. The molecule has 54 heavy (non-hydrogen) atoms. The molecule has 2 nitrogen and oxygen atoms in total. The number of benzene rings is 9. The molecular weight excluding hydrogens is 655 g/mol. The second-order valence-electron chi connectivity index (χ2n) is 13.7. The van der Waals surface area contributed by atoms with E-state index in [2.05, 4.69) is 211 Å². The van der Waals surface area contributed by atoms with Crippen molar-refractivity contribution in [3.05, 3.63) is 212 Å². The summed E-state index contributed by atoms with van der Waals surface area (Å²) in [7, 11) is 0. The third kappa shape index (κ3) is 5.62. The maximum Gasteiger partial charge on any atom is 0.136 e. The van der Waals surface area contributed by atoms with Gasteiger partial charge in [-0.1, -0.05) is 164 Å². The van der Waals surface area contributed by atoms with E-state index < -0.39 is 0 Å². The molecule has 0 aliphatic rings. The number of rotatable bonds is 7. The molecule has 0 atom stereocenters. The van der Waals surface area contributed by atoms with Gasteiger partial charge in [0, 0.05) is 27.6 Å². The lowest BCUT2D eigenvalue weighted by molar-refractivity contribution is 0.669. The summed E-state index contributed by atoms with van der Waals surface area (Å²) in [6.45, 7) is 0. The van der Waals surface area contributed by atoms with Crippen molar-refractivity contribution in [2.45, 2.75) is 0 Å². The summed E-state index contributed by atoms with van der Waals surface area (Å²) in [5.74, 6) is 0. The van der Waals surface area contributed by atoms with Crippen LogP contribution < -0.4 is 4.90 Å². The molecule has 1 aromatic heterocycles. The summed E-state index contributed by atoms with van der Waals surface area (Å²) in [5, 5.41) is 4.61. The molecule has 0 radical (unpaired) electrons. The quantitative estimate of drug-likeness (QED) is 0.166. The lowest BCUT2D eigenvalue weighted by Gasteiger charge is -2.31. The van der Waals surface area contributed by atoms with Crippen LogP contribution in [-0.2, 0) is 0 Å². The van der Waals surface area contributed by atoms with Gasteiger partial charge in [0.05, 0.1) is 11.4 Å². The Morgan fingerprint density at radius 1 is 0.333 bits per heavy atom. The zero-order valence-corrected chi connectivity index (χ0v) is 29.6. The van der Waals surface area contributed by atoms with Crippen LogP contribution in [0.2, 0.25) is 0 Å². The van der Waals surface area contributed by atoms with E-state index in [0.717, 1.165) is 61.3 Å². The van der Waals surface area contributed by atoms with Gasteiger partial charge in [-0.2, -0.15) is 0 Å². The Morgan fingerprint density at radius 3 is 1.63 bits per heavy atom. The van der Waals surface area contributed by atoms with Gasteiger partial charge in [-0.15, -0.1) is 0 Å². The number of nitrogens with zero attached hydrogens (tertiary/aromatic N) is 1. The lowest BCUT2D eigenvalue weighted by atomic mass is 9.92. The summed E-state index contributed by atoms with van der Waals surface area (Å²) in [6, 6.07) is 76.0. The van der Waals surface area contributed by atoms with Gasteiger partial charge in [0.15, 0.2) is 0 Å². The van der Waals surface area contributed by atoms with E-state index in [4.69, 9.17) is 4.42 Å². The molecule has 254 valence electrons. The first-order chi connectivity index (χ1) is 26.8. The Balaban J connectivity index is 1.29. The van der Waals surface area contributed by atoms with Crippen LogP contribution >= 0.6 is 0 Å². The predicted molar refractivity (Wildman–Crippen MR) is 228 cm³/mol. The smallest absolute Gasteiger partial charge is 0.136 e. The Hall–Kier alpha value is -7.16. The number of fused-ring (bicyclic) bond motifs is 4. The number of furan rings is 1. The zero-order valence-electron chi connectivity index (χ0n) is 29.6. The van der Waals surface area contributed by atoms with Crippen LogP contribution in [0.4, 0.5) is 17.1 Å². The molecule has 0 saturated carbocycles. The summed E-state index contributed by atoms with van der Waals surface area (Å²) < 4.78 is 6.55. The average molecular weight is 690 g/mol. The van der Waals surface area contributed by atoms with Crippen molar-refractivity contribution >= 4 is 49.8 Å². The average Bonchev–Trinajstić information content (AvgIpc) is 3.64. The topological polar surface area (TPSA) is 16.4 Å². The van der Waals surface area contributed by atoms with Crippen LogP contribution in [0, 0.1) is 0 Å². The zero-order chi connectivity index (χ0) is 35.8. The van der Waals surface area contributed by atoms with Crippen molar-refractivity contribution in [2.75, 3.05) is 4.90 Å². The van der Waals surface area contributed by atoms with Crippen molar-refractivity contribution in [3.8, 4) is 44.5 Å². The van der Waals surface area contributed by atoms with Crippen LogP contribution in [0.5, 0.6) is 0 Å². The third-order valence-corrected chi connectivity index (χ3v) is 10.5. The van der Waals surface area contributed by atoms with Crippen LogP contribution in [-0.4, -0.2) is 0 Å². The van der Waals surface area contributed by atoms with E-state index in [1.54, 1.807) is 0 Å². The van der Waals surface area contributed by atoms with Crippen molar-refractivity contribution < 1.29 is 4.42 Å². The highest BCUT2D eigenvalue weighted by Gasteiger charge is 2.25. The molecule has 10 aromatic rings. The minimum absolute atomic E-state index is 0.866. The highest BCUT2D eigenvalue weighted by molar-refractivity contribution is 6.17. The highest BCUT2D eigenvalue weighted by Crippen LogP contribution is 2.50. The molecule has 2 heteroatoms. The molecular formula is C52H35NO. The van der Waals surface area contributed by atoms with Gasteiger partial charge in [-0.25, -0.2) is 0 Å². The second-order valence-corrected chi connectivity index (χ2v) is 13.7. The molecule has 10 rings (SSSR count). The van der Waals surface area contributed by atoms with E-state index >= 15 is 0 Å². The molecule has 0 saturated heterocycles. The number of hydrogen-bond donors (Lipinski definition) is 0. The van der Waals surface area contributed by atoms with Crippen LogP contribution in [0.3, 0.4) is 0 Å². The number of anilines is 3. The molecule has 0 bridgehead atoms. The van der Waals surface area contributed by atoms with Crippen molar-refractivity contribution in [2.24, 2.45) is 0 Å². The highest BCUT2D eigenvalue weighted by atomic mass is 16.3. The molecule has 0 aliphatic carbocycles. The van der Waals surface area contributed by atoms with Gasteiger partial charge in [0.25, 0.3) is 0 Å².